The fraction of sp³-hybridized carbons (Fsp3) is 0.333. The Balaban J connectivity index is 3.06. The maximum atomic E-state index is 12.8. The highest BCUT2D eigenvalue weighted by Gasteiger charge is 2.04. The molecule has 0 bridgehead atoms. The van der Waals surface area contributed by atoms with E-state index in [2.05, 4.69) is 0 Å². The Labute approximate surface area is 70.8 Å². The first kappa shape index (κ1) is 9.16. The predicted molar refractivity (Wildman–Crippen MR) is 44.9 cm³/mol. The Kier molecular flexibility index (Phi) is 2.78. The number of benzene rings is 1. The molecule has 1 aromatic rings. The molecule has 1 aromatic carbocycles. The van der Waals surface area contributed by atoms with Crippen molar-refractivity contribution in [3.05, 3.63) is 35.1 Å². The summed E-state index contributed by atoms with van der Waals surface area (Å²) in [6, 6.07) is 4.38. The standard InChI is InChI=1S/C9H12FNO/c1-2-6-3-7(9(11)12)5-8(10)4-6/h3-5,9,12H,2,11H2,1H3. The molecule has 1 unspecified atom stereocenters. The van der Waals surface area contributed by atoms with Crippen molar-refractivity contribution in [2.24, 2.45) is 5.73 Å². The molecule has 0 spiro atoms. The van der Waals surface area contributed by atoms with Crippen LogP contribution in [0.5, 0.6) is 0 Å². The lowest BCUT2D eigenvalue weighted by Crippen LogP contribution is -2.09. The Bertz CT molecular complexity index is 273. The maximum absolute atomic E-state index is 12.8. The van der Waals surface area contributed by atoms with Gasteiger partial charge in [-0.15, -0.1) is 0 Å². The molecule has 0 saturated heterocycles. The van der Waals surface area contributed by atoms with Crippen molar-refractivity contribution < 1.29 is 9.50 Å². The second-order valence-electron chi connectivity index (χ2n) is 2.69. The smallest absolute Gasteiger partial charge is 0.128 e. The Hall–Kier alpha value is -0.930. The van der Waals surface area contributed by atoms with Crippen LogP contribution in [0.15, 0.2) is 18.2 Å². The molecule has 3 N–H and O–H groups in total. The van der Waals surface area contributed by atoms with Crippen molar-refractivity contribution >= 4 is 0 Å². The summed E-state index contributed by atoms with van der Waals surface area (Å²) in [7, 11) is 0. The van der Waals surface area contributed by atoms with E-state index in [1.54, 1.807) is 6.07 Å². The van der Waals surface area contributed by atoms with Crippen LogP contribution in [0.4, 0.5) is 4.39 Å². The third-order valence-electron chi connectivity index (χ3n) is 1.73. The van der Waals surface area contributed by atoms with Crippen LogP contribution in [-0.2, 0) is 6.42 Å². The van der Waals surface area contributed by atoms with Crippen LogP contribution in [-0.4, -0.2) is 5.11 Å². The molecule has 0 aliphatic carbocycles. The summed E-state index contributed by atoms with van der Waals surface area (Å²) in [5.74, 6) is -0.353. The van der Waals surface area contributed by atoms with Crippen LogP contribution in [0.25, 0.3) is 0 Å². The van der Waals surface area contributed by atoms with E-state index in [4.69, 9.17) is 10.8 Å². The number of halogens is 1. The van der Waals surface area contributed by atoms with Crippen molar-refractivity contribution in [2.75, 3.05) is 0 Å². The summed E-state index contributed by atoms with van der Waals surface area (Å²) in [5, 5.41) is 8.98. The quantitative estimate of drug-likeness (QED) is 0.656. The van der Waals surface area contributed by atoms with Gasteiger partial charge in [0.2, 0.25) is 0 Å². The number of hydrogen-bond acceptors (Lipinski definition) is 2. The minimum absolute atomic E-state index is 0.353. The number of hydrogen-bond donors (Lipinski definition) is 2. The molecule has 66 valence electrons. The Morgan fingerprint density at radius 1 is 1.50 bits per heavy atom. The van der Waals surface area contributed by atoms with E-state index in [0.717, 1.165) is 12.0 Å². The number of aliphatic hydroxyl groups is 1. The molecule has 0 fully saturated rings. The summed E-state index contributed by atoms with van der Waals surface area (Å²) in [4.78, 5) is 0. The topological polar surface area (TPSA) is 46.2 Å². The molecule has 2 nitrogen and oxygen atoms in total. The second-order valence-corrected chi connectivity index (χ2v) is 2.69. The average Bonchev–Trinajstić information content (AvgIpc) is 2.03. The van der Waals surface area contributed by atoms with Gasteiger partial charge in [0, 0.05) is 0 Å². The van der Waals surface area contributed by atoms with E-state index < -0.39 is 6.23 Å². The van der Waals surface area contributed by atoms with Gasteiger partial charge < -0.3 is 10.8 Å². The largest absolute Gasteiger partial charge is 0.375 e. The van der Waals surface area contributed by atoms with E-state index in [9.17, 15) is 4.39 Å². The van der Waals surface area contributed by atoms with Gasteiger partial charge in [-0.3, -0.25) is 0 Å². The third-order valence-corrected chi connectivity index (χ3v) is 1.73. The van der Waals surface area contributed by atoms with E-state index in [-0.39, 0.29) is 5.82 Å². The van der Waals surface area contributed by atoms with E-state index in [1.165, 1.54) is 12.1 Å². The van der Waals surface area contributed by atoms with E-state index in [0.29, 0.717) is 5.56 Å². The van der Waals surface area contributed by atoms with Crippen molar-refractivity contribution in [1.82, 2.24) is 0 Å². The highest BCUT2D eigenvalue weighted by Crippen LogP contribution is 2.13. The zero-order valence-corrected chi connectivity index (χ0v) is 6.92. The van der Waals surface area contributed by atoms with Gasteiger partial charge >= 0.3 is 0 Å². The van der Waals surface area contributed by atoms with Crippen LogP contribution >= 0.6 is 0 Å². The monoisotopic (exact) mass is 169 g/mol. The fourth-order valence-corrected chi connectivity index (χ4v) is 1.05. The molecule has 0 aromatic heterocycles. The number of nitrogens with two attached hydrogens (primary N) is 1. The summed E-state index contributed by atoms with van der Waals surface area (Å²) >= 11 is 0. The lowest BCUT2D eigenvalue weighted by Gasteiger charge is -2.06. The molecule has 0 saturated carbocycles. The van der Waals surface area contributed by atoms with Crippen LogP contribution in [0.1, 0.15) is 24.3 Å². The molecular weight excluding hydrogens is 157 g/mol. The summed E-state index contributed by atoms with van der Waals surface area (Å²) in [6.45, 7) is 1.92. The van der Waals surface area contributed by atoms with Gasteiger partial charge in [-0.05, 0) is 29.7 Å². The minimum atomic E-state index is -1.09. The zero-order valence-electron chi connectivity index (χ0n) is 6.92. The van der Waals surface area contributed by atoms with Crippen molar-refractivity contribution in [1.29, 1.82) is 0 Å². The van der Waals surface area contributed by atoms with Gasteiger partial charge in [0.05, 0.1) is 0 Å². The molecule has 0 aliphatic heterocycles. The van der Waals surface area contributed by atoms with Crippen molar-refractivity contribution in [3.63, 3.8) is 0 Å². The van der Waals surface area contributed by atoms with Crippen molar-refractivity contribution in [3.8, 4) is 0 Å². The van der Waals surface area contributed by atoms with Crippen LogP contribution < -0.4 is 5.73 Å². The molecule has 0 radical (unpaired) electrons. The van der Waals surface area contributed by atoms with Gasteiger partial charge in [0.25, 0.3) is 0 Å². The van der Waals surface area contributed by atoms with Gasteiger partial charge in [0.15, 0.2) is 0 Å². The van der Waals surface area contributed by atoms with Gasteiger partial charge in [-0.1, -0.05) is 13.0 Å². The second kappa shape index (κ2) is 3.65. The Morgan fingerprint density at radius 3 is 2.67 bits per heavy atom. The van der Waals surface area contributed by atoms with Crippen LogP contribution in [0.3, 0.4) is 0 Å². The van der Waals surface area contributed by atoms with Crippen LogP contribution in [0, 0.1) is 5.82 Å². The minimum Gasteiger partial charge on any atom is -0.375 e. The molecule has 1 rings (SSSR count). The van der Waals surface area contributed by atoms with E-state index >= 15 is 0 Å². The zero-order chi connectivity index (χ0) is 9.14. The molecular formula is C9H12FNO. The molecule has 0 amide bonds. The number of aryl methyl sites for hydroxylation is 1. The van der Waals surface area contributed by atoms with Crippen molar-refractivity contribution in [2.45, 2.75) is 19.6 Å². The molecule has 3 heteroatoms. The molecule has 0 aliphatic rings. The lowest BCUT2D eigenvalue weighted by molar-refractivity contribution is 0.185. The Morgan fingerprint density at radius 2 is 2.17 bits per heavy atom. The first-order chi connectivity index (χ1) is 5.63. The fourth-order valence-electron chi connectivity index (χ4n) is 1.05. The third kappa shape index (κ3) is 2.03. The highest BCUT2D eigenvalue weighted by atomic mass is 19.1. The number of rotatable bonds is 2. The van der Waals surface area contributed by atoms with Crippen LogP contribution in [0.2, 0.25) is 0 Å². The lowest BCUT2D eigenvalue weighted by atomic mass is 10.1. The first-order valence-corrected chi connectivity index (χ1v) is 3.86. The highest BCUT2D eigenvalue weighted by molar-refractivity contribution is 5.25. The predicted octanol–water partition coefficient (Wildman–Crippen LogP) is 1.34. The molecule has 12 heavy (non-hydrogen) atoms. The summed E-state index contributed by atoms with van der Waals surface area (Å²) in [6.07, 6.45) is -0.358. The van der Waals surface area contributed by atoms with E-state index in [1.807, 2.05) is 6.92 Å². The van der Waals surface area contributed by atoms with Gasteiger partial charge in [-0.2, -0.15) is 0 Å². The first-order valence-electron chi connectivity index (χ1n) is 3.86. The summed E-state index contributed by atoms with van der Waals surface area (Å²) in [5.41, 5.74) is 6.46. The molecule has 0 heterocycles. The maximum Gasteiger partial charge on any atom is 0.128 e. The SMILES string of the molecule is CCc1cc(F)cc(C(N)O)c1. The van der Waals surface area contributed by atoms with Gasteiger partial charge in [-0.25, -0.2) is 4.39 Å². The molecule has 1 atom stereocenters. The average molecular weight is 169 g/mol. The van der Waals surface area contributed by atoms with Gasteiger partial charge in [0.1, 0.15) is 12.0 Å². The summed E-state index contributed by atoms with van der Waals surface area (Å²) < 4.78 is 12.8. The normalized spacial score (nSPS) is 13.0. The number of aliphatic hydroxyl groups excluding tert-OH is 1.